The van der Waals surface area contributed by atoms with Crippen molar-refractivity contribution in [2.45, 2.75) is 32.2 Å². The number of ketones is 1. The summed E-state index contributed by atoms with van der Waals surface area (Å²) < 4.78 is 4.59. The van der Waals surface area contributed by atoms with Crippen LogP contribution in [0.3, 0.4) is 0 Å². The van der Waals surface area contributed by atoms with Gasteiger partial charge >= 0.3 is 18.1 Å². The molecule has 1 rings (SSSR count). The highest BCUT2D eigenvalue weighted by Gasteiger charge is 2.30. The number of nitrogens with one attached hydrogen (secondary N) is 2. The quantitative estimate of drug-likeness (QED) is 0.560. The second-order valence-corrected chi connectivity index (χ2v) is 4.22. The summed E-state index contributed by atoms with van der Waals surface area (Å²) in [6.07, 6.45) is -0.560. The molecule has 0 saturated carbocycles. The van der Waals surface area contributed by atoms with Crippen molar-refractivity contribution in [1.29, 1.82) is 0 Å². The minimum Gasteiger partial charge on any atom is -0.465 e. The molecule has 0 bridgehead atoms. The molecule has 1 unspecified atom stereocenters. The van der Waals surface area contributed by atoms with Gasteiger partial charge in [-0.25, -0.2) is 14.6 Å². The zero-order valence-corrected chi connectivity index (χ0v) is 11.0. The Morgan fingerprint density at radius 3 is 2.65 bits per heavy atom. The third kappa shape index (κ3) is 4.41. The van der Waals surface area contributed by atoms with Crippen LogP contribution in [0, 0.1) is 0 Å². The van der Waals surface area contributed by atoms with E-state index in [1.807, 2.05) is 12.2 Å². The lowest BCUT2D eigenvalue weighted by molar-refractivity contribution is -0.141. The SMILES string of the molecule is CCCCC(NC(=O)O)C(=O)C(=O)NN1CCOC1=O. The monoisotopic (exact) mass is 287 g/mol. The highest BCUT2D eigenvalue weighted by atomic mass is 16.6. The molecule has 0 spiro atoms. The molecule has 3 N–H and O–H groups in total. The normalized spacial score (nSPS) is 15.4. The van der Waals surface area contributed by atoms with Gasteiger partial charge in [-0.15, -0.1) is 0 Å². The van der Waals surface area contributed by atoms with Crippen molar-refractivity contribution in [3.05, 3.63) is 0 Å². The van der Waals surface area contributed by atoms with E-state index >= 15 is 0 Å². The van der Waals surface area contributed by atoms with Gasteiger partial charge in [0.1, 0.15) is 12.6 Å². The van der Waals surface area contributed by atoms with Crippen LogP contribution in [0.5, 0.6) is 0 Å². The van der Waals surface area contributed by atoms with Gasteiger partial charge in [-0.1, -0.05) is 19.8 Å². The van der Waals surface area contributed by atoms with E-state index in [-0.39, 0.29) is 19.6 Å². The number of carbonyl (C=O) groups excluding carboxylic acids is 3. The summed E-state index contributed by atoms with van der Waals surface area (Å²) in [7, 11) is 0. The fraction of sp³-hybridized carbons (Fsp3) is 0.636. The smallest absolute Gasteiger partial charge is 0.428 e. The molecule has 1 aliphatic rings. The van der Waals surface area contributed by atoms with Gasteiger partial charge in [0.2, 0.25) is 5.78 Å². The Bertz CT molecular complexity index is 411. The van der Waals surface area contributed by atoms with Gasteiger partial charge in [0, 0.05) is 0 Å². The van der Waals surface area contributed by atoms with E-state index in [1.165, 1.54) is 0 Å². The number of amides is 3. The van der Waals surface area contributed by atoms with E-state index in [0.717, 1.165) is 11.4 Å². The number of carboxylic acid groups (broad SMARTS) is 1. The number of cyclic esters (lactones) is 1. The average molecular weight is 287 g/mol. The molecule has 1 heterocycles. The molecule has 1 atom stereocenters. The van der Waals surface area contributed by atoms with Crippen LogP contribution < -0.4 is 10.7 Å². The van der Waals surface area contributed by atoms with Gasteiger partial charge in [0.25, 0.3) is 0 Å². The average Bonchev–Trinajstić information content (AvgIpc) is 2.78. The van der Waals surface area contributed by atoms with Crippen LogP contribution in [-0.2, 0) is 14.3 Å². The molecular weight excluding hydrogens is 270 g/mol. The molecule has 0 aromatic heterocycles. The summed E-state index contributed by atoms with van der Waals surface area (Å²) in [6.45, 7) is 2.15. The third-order valence-corrected chi connectivity index (χ3v) is 2.68. The van der Waals surface area contributed by atoms with E-state index in [9.17, 15) is 19.2 Å². The zero-order chi connectivity index (χ0) is 15.1. The summed E-state index contributed by atoms with van der Waals surface area (Å²) in [5.41, 5.74) is 2.10. The third-order valence-electron chi connectivity index (χ3n) is 2.68. The highest BCUT2D eigenvalue weighted by Crippen LogP contribution is 2.04. The van der Waals surface area contributed by atoms with Gasteiger partial charge in [0.15, 0.2) is 0 Å². The first kappa shape index (κ1) is 15.7. The molecule has 0 aromatic rings. The molecule has 20 heavy (non-hydrogen) atoms. The molecule has 1 fully saturated rings. The Hall–Kier alpha value is -2.32. The number of nitrogens with zero attached hydrogens (tertiary/aromatic N) is 1. The maximum absolute atomic E-state index is 11.9. The van der Waals surface area contributed by atoms with Crippen LogP contribution in [0.2, 0.25) is 0 Å². The Labute approximate surface area is 115 Å². The van der Waals surface area contributed by atoms with Crippen LogP contribution in [-0.4, -0.2) is 53.2 Å². The Kier molecular flexibility index (Phi) is 5.75. The van der Waals surface area contributed by atoms with Crippen LogP contribution in [0.4, 0.5) is 9.59 Å². The number of carbonyl (C=O) groups is 4. The number of unbranched alkanes of at least 4 members (excludes halogenated alkanes) is 1. The van der Waals surface area contributed by atoms with Crippen molar-refractivity contribution in [2.24, 2.45) is 0 Å². The Morgan fingerprint density at radius 2 is 2.15 bits per heavy atom. The second kappa shape index (κ2) is 7.31. The van der Waals surface area contributed by atoms with Crippen molar-refractivity contribution >= 4 is 23.9 Å². The first-order valence-corrected chi connectivity index (χ1v) is 6.24. The molecule has 9 nitrogen and oxygen atoms in total. The fourth-order valence-corrected chi connectivity index (χ4v) is 1.66. The summed E-state index contributed by atoms with van der Waals surface area (Å²) >= 11 is 0. The number of hydrazine groups is 1. The van der Waals surface area contributed by atoms with E-state index in [2.05, 4.69) is 10.2 Å². The van der Waals surface area contributed by atoms with Gasteiger partial charge in [-0.2, -0.15) is 0 Å². The lowest BCUT2D eigenvalue weighted by Gasteiger charge is -2.17. The molecule has 0 radical (unpaired) electrons. The highest BCUT2D eigenvalue weighted by molar-refractivity contribution is 6.38. The number of hydrogen-bond acceptors (Lipinski definition) is 5. The van der Waals surface area contributed by atoms with Crippen LogP contribution in [0.1, 0.15) is 26.2 Å². The maximum atomic E-state index is 11.9. The Morgan fingerprint density at radius 1 is 1.45 bits per heavy atom. The molecule has 3 amide bonds. The predicted octanol–water partition coefficient (Wildman–Crippen LogP) is -0.135. The number of ether oxygens (including phenoxy) is 1. The lowest BCUT2D eigenvalue weighted by Crippen LogP contribution is -2.52. The van der Waals surface area contributed by atoms with Crippen molar-refractivity contribution in [1.82, 2.24) is 15.8 Å². The summed E-state index contributed by atoms with van der Waals surface area (Å²) in [5.74, 6) is -1.97. The first-order valence-electron chi connectivity index (χ1n) is 6.24. The molecule has 112 valence electrons. The fourth-order valence-electron chi connectivity index (χ4n) is 1.66. The largest absolute Gasteiger partial charge is 0.465 e. The zero-order valence-electron chi connectivity index (χ0n) is 11.0. The van der Waals surface area contributed by atoms with E-state index in [4.69, 9.17) is 5.11 Å². The van der Waals surface area contributed by atoms with Crippen molar-refractivity contribution < 1.29 is 29.0 Å². The molecule has 9 heteroatoms. The van der Waals surface area contributed by atoms with E-state index < -0.39 is 29.9 Å². The number of hydrogen-bond donors (Lipinski definition) is 3. The summed E-state index contributed by atoms with van der Waals surface area (Å²) in [5, 5.41) is 11.5. The standard InChI is InChI=1S/C11H17N3O6/c1-2-3-4-7(12-10(17)18)8(15)9(16)13-14-5-6-20-11(14)19/h7,12H,2-6H2,1H3,(H,13,16)(H,17,18). The lowest BCUT2D eigenvalue weighted by atomic mass is 10.1. The van der Waals surface area contributed by atoms with Crippen LogP contribution in [0.25, 0.3) is 0 Å². The second-order valence-electron chi connectivity index (χ2n) is 4.22. The van der Waals surface area contributed by atoms with Gasteiger partial charge < -0.3 is 15.2 Å². The molecule has 1 aliphatic heterocycles. The van der Waals surface area contributed by atoms with Gasteiger partial charge in [-0.3, -0.25) is 15.0 Å². The van der Waals surface area contributed by atoms with Gasteiger partial charge in [-0.05, 0) is 6.42 Å². The van der Waals surface area contributed by atoms with Gasteiger partial charge in [0.05, 0.1) is 6.54 Å². The molecular formula is C11H17N3O6. The topological polar surface area (TPSA) is 125 Å². The van der Waals surface area contributed by atoms with E-state index in [0.29, 0.717) is 6.42 Å². The molecule has 0 aliphatic carbocycles. The number of Topliss-reactive ketones (excluding diaryl/α,β-unsaturated/α-hetero) is 1. The minimum absolute atomic E-state index is 0.125. The van der Waals surface area contributed by atoms with Crippen molar-refractivity contribution in [3.8, 4) is 0 Å². The van der Waals surface area contributed by atoms with Crippen LogP contribution >= 0.6 is 0 Å². The molecule has 1 saturated heterocycles. The van der Waals surface area contributed by atoms with E-state index in [1.54, 1.807) is 0 Å². The van der Waals surface area contributed by atoms with Crippen molar-refractivity contribution in [2.75, 3.05) is 13.2 Å². The predicted molar refractivity (Wildman–Crippen MR) is 65.7 cm³/mol. The summed E-state index contributed by atoms with van der Waals surface area (Å²) in [6, 6.07) is -1.12. The first-order chi connectivity index (χ1) is 9.45. The maximum Gasteiger partial charge on any atom is 0.428 e. The van der Waals surface area contributed by atoms with Crippen molar-refractivity contribution in [3.63, 3.8) is 0 Å². The minimum atomic E-state index is -1.38. The Balaban J connectivity index is 2.59. The molecule has 0 aromatic carbocycles. The summed E-state index contributed by atoms with van der Waals surface area (Å²) in [4.78, 5) is 45.3. The van der Waals surface area contributed by atoms with Crippen LogP contribution in [0.15, 0.2) is 0 Å². The number of rotatable bonds is 7.